The third-order valence-electron chi connectivity index (χ3n) is 3.49. The molecule has 0 fully saturated rings. The van der Waals surface area contributed by atoms with Gasteiger partial charge in [0.25, 0.3) is 0 Å². The largest absolute Gasteiger partial charge is 0.497 e. The van der Waals surface area contributed by atoms with Gasteiger partial charge in [-0.3, -0.25) is 4.79 Å². The van der Waals surface area contributed by atoms with Crippen molar-refractivity contribution in [3.8, 4) is 22.9 Å². The molecule has 0 radical (unpaired) electrons. The molecule has 0 saturated carbocycles. The van der Waals surface area contributed by atoms with E-state index >= 15 is 0 Å². The molecule has 0 bridgehead atoms. The van der Waals surface area contributed by atoms with Crippen molar-refractivity contribution in [2.45, 2.75) is 6.54 Å². The van der Waals surface area contributed by atoms with Crippen LogP contribution >= 0.6 is 0 Å². The fourth-order valence-corrected chi connectivity index (χ4v) is 2.27. The summed E-state index contributed by atoms with van der Waals surface area (Å²) in [6.07, 6.45) is 0. The van der Waals surface area contributed by atoms with Gasteiger partial charge in [-0.15, -0.1) is 10.2 Å². The topological polar surface area (TPSA) is 91.2 Å². The van der Waals surface area contributed by atoms with Gasteiger partial charge < -0.3 is 14.8 Å². The lowest BCUT2D eigenvalue weighted by atomic mass is 10.2. The number of carbonyl (C=O) groups is 1. The van der Waals surface area contributed by atoms with Crippen molar-refractivity contribution >= 4 is 11.6 Å². The molecule has 0 spiro atoms. The van der Waals surface area contributed by atoms with Crippen molar-refractivity contribution in [3.05, 3.63) is 48.3 Å². The molecule has 2 aromatic carbocycles. The Morgan fingerprint density at radius 2 is 1.85 bits per heavy atom. The normalized spacial score (nSPS) is 10.4. The first-order valence-corrected chi connectivity index (χ1v) is 7.64. The summed E-state index contributed by atoms with van der Waals surface area (Å²) in [5, 5.41) is 14.3. The molecule has 0 aliphatic rings. The van der Waals surface area contributed by atoms with Gasteiger partial charge in [-0.2, -0.15) is 4.80 Å². The van der Waals surface area contributed by atoms with Crippen LogP contribution in [-0.2, 0) is 11.3 Å². The molecule has 3 aromatic rings. The van der Waals surface area contributed by atoms with E-state index in [1.54, 1.807) is 36.4 Å². The van der Waals surface area contributed by atoms with Gasteiger partial charge in [0.05, 0.1) is 19.8 Å². The van der Waals surface area contributed by atoms with E-state index in [1.165, 1.54) is 20.3 Å². The minimum atomic E-state index is -0.458. The van der Waals surface area contributed by atoms with Gasteiger partial charge in [-0.1, -0.05) is 12.1 Å². The van der Waals surface area contributed by atoms with Gasteiger partial charge in [-0.05, 0) is 17.3 Å². The summed E-state index contributed by atoms with van der Waals surface area (Å²) >= 11 is 0. The molecule has 9 heteroatoms. The number of aromatic nitrogens is 4. The van der Waals surface area contributed by atoms with Crippen LogP contribution in [0.5, 0.6) is 11.5 Å². The SMILES string of the molecule is COc1cc(NC(=O)Cn2nnc(-c3ccccc3F)n2)cc(OC)c1. The molecule has 0 aliphatic carbocycles. The maximum absolute atomic E-state index is 13.8. The Balaban J connectivity index is 1.70. The summed E-state index contributed by atoms with van der Waals surface area (Å²) in [5.74, 6) is 0.359. The predicted octanol–water partition coefficient (Wildman–Crippen LogP) is 2.14. The number of amides is 1. The van der Waals surface area contributed by atoms with Crippen LogP contribution < -0.4 is 14.8 Å². The first kappa shape index (κ1) is 17.3. The van der Waals surface area contributed by atoms with E-state index in [-0.39, 0.29) is 23.8 Å². The number of nitrogens with one attached hydrogen (secondary N) is 1. The highest BCUT2D eigenvalue weighted by atomic mass is 19.1. The maximum Gasteiger partial charge on any atom is 0.248 e. The summed E-state index contributed by atoms with van der Waals surface area (Å²) < 4.78 is 24.1. The monoisotopic (exact) mass is 357 g/mol. The highest BCUT2D eigenvalue weighted by Crippen LogP contribution is 2.25. The number of carbonyl (C=O) groups excluding carboxylic acids is 1. The number of hydrogen-bond acceptors (Lipinski definition) is 6. The fourth-order valence-electron chi connectivity index (χ4n) is 2.27. The third-order valence-corrected chi connectivity index (χ3v) is 3.49. The molecule has 0 aliphatic heterocycles. The zero-order valence-corrected chi connectivity index (χ0v) is 14.1. The Bertz CT molecular complexity index is 906. The minimum Gasteiger partial charge on any atom is -0.497 e. The molecule has 1 N–H and O–H groups in total. The molecule has 0 saturated heterocycles. The second kappa shape index (κ2) is 7.60. The Kier molecular flexibility index (Phi) is 5.07. The zero-order chi connectivity index (χ0) is 18.5. The van der Waals surface area contributed by atoms with E-state index in [0.29, 0.717) is 17.2 Å². The quantitative estimate of drug-likeness (QED) is 0.727. The van der Waals surface area contributed by atoms with Crippen LogP contribution in [0, 0.1) is 5.82 Å². The fraction of sp³-hybridized carbons (Fsp3) is 0.176. The van der Waals surface area contributed by atoms with Crippen LogP contribution in [0.4, 0.5) is 10.1 Å². The van der Waals surface area contributed by atoms with Gasteiger partial charge in [0.15, 0.2) is 0 Å². The first-order chi connectivity index (χ1) is 12.6. The molecule has 26 heavy (non-hydrogen) atoms. The Morgan fingerprint density at radius 3 is 2.50 bits per heavy atom. The van der Waals surface area contributed by atoms with E-state index in [0.717, 1.165) is 4.80 Å². The summed E-state index contributed by atoms with van der Waals surface area (Å²) in [6, 6.07) is 11.1. The molecule has 134 valence electrons. The molecule has 1 aromatic heterocycles. The van der Waals surface area contributed by atoms with E-state index in [9.17, 15) is 9.18 Å². The number of ether oxygens (including phenoxy) is 2. The second-order valence-electron chi connectivity index (χ2n) is 5.27. The molecule has 1 amide bonds. The van der Waals surface area contributed by atoms with Crippen LogP contribution in [-0.4, -0.2) is 40.3 Å². The minimum absolute atomic E-state index is 0.110. The average Bonchev–Trinajstić information content (AvgIpc) is 3.09. The number of tetrazole rings is 1. The molecule has 3 rings (SSSR count). The third kappa shape index (κ3) is 3.94. The molecule has 8 nitrogen and oxygen atoms in total. The lowest BCUT2D eigenvalue weighted by Gasteiger charge is -2.09. The van der Waals surface area contributed by atoms with Gasteiger partial charge in [0.2, 0.25) is 11.7 Å². The van der Waals surface area contributed by atoms with Crippen molar-refractivity contribution < 1.29 is 18.7 Å². The van der Waals surface area contributed by atoms with Gasteiger partial charge in [0, 0.05) is 23.9 Å². The molecule has 0 unspecified atom stereocenters. The number of methoxy groups -OCH3 is 2. The van der Waals surface area contributed by atoms with Crippen LogP contribution in [0.3, 0.4) is 0 Å². The summed E-state index contributed by atoms with van der Waals surface area (Å²) in [7, 11) is 3.04. The summed E-state index contributed by atoms with van der Waals surface area (Å²) in [6.45, 7) is -0.180. The van der Waals surface area contributed by atoms with Gasteiger partial charge >= 0.3 is 0 Å². The van der Waals surface area contributed by atoms with E-state index < -0.39 is 5.82 Å². The van der Waals surface area contributed by atoms with E-state index in [2.05, 4.69) is 20.7 Å². The number of hydrogen-bond donors (Lipinski definition) is 1. The Hall–Kier alpha value is -3.49. The van der Waals surface area contributed by atoms with E-state index in [4.69, 9.17) is 9.47 Å². The number of nitrogens with zero attached hydrogens (tertiary/aromatic N) is 4. The van der Waals surface area contributed by atoms with Gasteiger partial charge in [-0.25, -0.2) is 4.39 Å². The average molecular weight is 357 g/mol. The van der Waals surface area contributed by atoms with Crippen molar-refractivity contribution in [1.29, 1.82) is 0 Å². The zero-order valence-electron chi connectivity index (χ0n) is 14.1. The van der Waals surface area contributed by atoms with Crippen molar-refractivity contribution in [1.82, 2.24) is 20.2 Å². The standard InChI is InChI=1S/C17H16FN5O3/c1-25-12-7-11(8-13(9-12)26-2)19-16(24)10-23-21-17(20-22-23)14-5-3-4-6-15(14)18/h3-9H,10H2,1-2H3,(H,19,24). The first-order valence-electron chi connectivity index (χ1n) is 7.64. The Labute approximate surface area is 148 Å². The van der Waals surface area contributed by atoms with Crippen LogP contribution in [0.1, 0.15) is 0 Å². The number of anilines is 1. The van der Waals surface area contributed by atoms with E-state index in [1.807, 2.05) is 0 Å². The molecule has 1 heterocycles. The van der Waals surface area contributed by atoms with Crippen LogP contribution in [0.15, 0.2) is 42.5 Å². The predicted molar refractivity (Wildman–Crippen MR) is 91.4 cm³/mol. The molecule has 0 atom stereocenters. The molecular formula is C17H16FN5O3. The molecular weight excluding hydrogens is 341 g/mol. The van der Waals surface area contributed by atoms with Crippen molar-refractivity contribution in [3.63, 3.8) is 0 Å². The smallest absolute Gasteiger partial charge is 0.248 e. The van der Waals surface area contributed by atoms with Crippen molar-refractivity contribution in [2.24, 2.45) is 0 Å². The highest BCUT2D eigenvalue weighted by Gasteiger charge is 2.13. The number of halogens is 1. The summed E-state index contributed by atoms with van der Waals surface area (Å²) in [5.41, 5.74) is 0.720. The summed E-state index contributed by atoms with van der Waals surface area (Å²) in [4.78, 5) is 13.3. The number of benzene rings is 2. The van der Waals surface area contributed by atoms with Crippen molar-refractivity contribution in [2.75, 3.05) is 19.5 Å². The van der Waals surface area contributed by atoms with Gasteiger partial charge in [0.1, 0.15) is 23.9 Å². The highest BCUT2D eigenvalue weighted by molar-refractivity contribution is 5.90. The lowest BCUT2D eigenvalue weighted by Crippen LogP contribution is -2.20. The number of rotatable bonds is 6. The Morgan fingerprint density at radius 1 is 1.15 bits per heavy atom. The van der Waals surface area contributed by atoms with Crippen LogP contribution in [0.2, 0.25) is 0 Å². The second-order valence-corrected chi connectivity index (χ2v) is 5.27. The maximum atomic E-state index is 13.8. The van der Waals surface area contributed by atoms with Crippen LogP contribution in [0.25, 0.3) is 11.4 Å². The lowest BCUT2D eigenvalue weighted by molar-refractivity contribution is -0.117.